The molecule has 3 aromatic rings. The quantitative estimate of drug-likeness (QED) is 0.0994. The molecule has 2 aromatic carbocycles. The van der Waals surface area contributed by atoms with E-state index in [1.54, 1.807) is 24.5 Å². The van der Waals surface area contributed by atoms with E-state index >= 15 is 0 Å². The van der Waals surface area contributed by atoms with Crippen LogP contribution in [0.3, 0.4) is 0 Å². The number of para-hydroxylation sites is 1. The maximum atomic E-state index is 13.9. The second kappa shape index (κ2) is 16.0. The van der Waals surface area contributed by atoms with Crippen LogP contribution >= 0.6 is 11.6 Å². The van der Waals surface area contributed by atoms with E-state index in [9.17, 15) is 33.6 Å². The standard InChI is InChI=1S/C37H46ClN3O10S/c38-32-18-37(32,28-19-39-16-13-26(28)27-9-2-3-10-31(27)51-24-11-12-24)50-22-23-7-6-8-25(17-23)52(48,49)41-36(14-4-1-5-15-36)35(47)40-20-29(43)33(45)34(46)30(44)21-42/h2-3,6-10,13,16-17,19,24,29-30,32-34,41-46H,1,4-5,11-12,14-15,18,20-22H2,(H,40,47)/t29-,30+,32+,33+,34+,37+/m0/s1. The van der Waals surface area contributed by atoms with Crippen molar-refractivity contribution in [1.82, 2.24) is 15.0 Å². The Bertz CT molecular complexity index is 1820. The van der Waals surface area contributed by atoms with Crippen LogP contribution in [0.15, 0.2) is 71.9 Å². The Labute approximate surface area is 308 Å². The molecule has 3 aliphatic carbocycles. The van der Waals surface area contributed by atoms with Crippen molar-refractivity contribution in [2.75, 3.05) is 13.2 Å². The molecule has 0 spiro atoms. The fourth-order valence-electron chi connectivity index (χ4n) is 6.75. The van der Waals surface area contributed by atoms with Gasteiger partial charge in [-0.15, -0.1) is 11.6 Å². The first-order valence-electron chi connectivity index (χ1n) is 17.6. The summed E-state index contributed by atoms with van der Waals surface area (Å²) in [6.07, 6.45) is 1.46. The van der Waals surface area contributed by atoms with Gasteiger partial charge in [0, 0.05) is 36.5 Å². The minimum absolute atomic E-state index is 0.0454. The fourth-order valence-corrected chi connectivity index (χ4v) is 8.65. The molecule has 6 atom stereocenters. The first kappa shape index (κ1) is 38.5. The molecule has 13 nitrogen and oxygen atoms in total. The zero-order valence-electron chi connectivity index (χ0n) is 28.6. The molecule has 7 N–H and O–H groups in total. The van der Waals surface area contributed by atoms with Crippen molar-refractivity contribution in [1.29, 1.82) is 0 Å². The first-order chi connectivity index (χ1) is 24.9. The molecule has 282 valence electrons. The van der Waals surface area contributed by atoms with Crippen LogP contribution in [0.1, 0.15) is 62.5 Å². The molecule has 6 rings (SSSR count). The van der Waals surface area contributed by atoms with Gasteiger partial charge in [-0.1, -0.05) is 49.6 Å². The summed E-state index contributed by atoms with van der Waals surface area (Å²) in [5.74, 6) is 0.0820. The summed E-state index contributed by atoms with van der Waals surface area (Å²) in [7, 11) is -4.25. The van der Waals surface area contributed by atoms with Crippen molar-refractivity contribution in [3.8, 4) is 16.9 Å². The highest BCUT2D eigenvalue weighted by molar-refractivity contribution is 7.89. The molecule has 3 aliphatic rings. The Kier molecular flexibility index (Phi) is 11.9. The highest BCUT2D eigenvalue weighted by Gasteiger charge is 2.57. The number of amides is 1. The third kappa shape index (κ3) is 8.46. The Morgan fingerprint density at radius 1 is 0.962 bits per heavy atom. The van der Waals surface area contributed by atoms with Gasteiger partial charge in [-0.05, 0) is 61.1 Å². The van der Waals surface area contributed by atoms with E-state index < -0.39 is 64.6 Å². The largest absolute Gasteiger partial charge is 0.490 e. The van der Waals surface area contributed by atoms with E-state index in [-0.39, 0.29) is 35.8 Å². The number of alkyl halides is 1. The molecule has 15 heteroatoms. The van der Waals surface area contributed by atoms with Crippen molar-refractivity contribution >= 4 is 27.5 Å². The van der Waals surface area contributed by atoms with E-state index in [4.69, 9.17) is 26.2 Å². The van der Waals surface area contributed by atoms with Crippen LogP contribution in [0.4, 0.5) is 0 Å². The van der Waals surface area contributed by atoms with E-state index in [1.807, 2.05) is 30.3 Å². The number of hydrogen-bond donors (Lipinski definition) is 7. The third-order valence-corrected chi connectivity index (χ3v) is 12.1. The summed E-state index contributed by atoms with van der Waals surface area (Å²) in [6, 6.07) is 16.0. The summed E-state index contributed by atoms with van der Waals surface area (Å²) < 4.78 is 43.1. The Balaban J connectivity index is 1.16. The van der Waals surface area contributed by atoms with Gasteiger partial charge in [-0.3, -0.25) is 9.78 Å². The van der Waals surface area contributed by atoms with Crippen LogP contribution in [0.2, 0.25) is 0 Å². The zero-order chi connectivity index (χ0) is 37.1. The summed E-state index contributed by atoms with van der Waals surface area (Å²) in [4.78, 5) is 17.9. The molecule has 3 saturated carbocycles. The van der Waals surface area contributed by atoms with Crippen LogP contribution in [-0.2, 0) is 31.8 Å². The minimum Gasteiger partial charge on any atom is -0.490 e. The third-order valence-electron chi connectivity index (χ3n) is 10.1. The van der Waals surface area contributed by atoms with Gasteiger partial charge in [0.1, 0.15) is 35.2 Å². The van der Waals surface area contributed by atoms with Crippen LogP contribution in [0.5, 0.6) is 5.75 Å². The van der Waals surface area contributed by atoms with E-state index in [2.05, 4.69) is 15.0 Å². The van der Waals surface area contributed by atoms with E-state index in [0.717, 1.165) is 41.7 Å². The van der Waals surface area contributed by atoms with Crippen molar-refractivity contribution in [3.05, 3.63) is 78.1 Å². The number of benzene rings is 2. The molecule has 0 aliphatic heterocycles. The number of carbonyl (C=O) groups is 1. The van der Waals surface area contributed by atoms with Crippen molar-refractivity contribution in [2.45, 2.75) is 110 Å². The maximum absolute atomic E-state index is 13.9. The second-order valence-corrected chi connectivity index (χ2v) is 16.2. The monoisotopic (exact) mass is 759 g/mol. The van der Waals surface area contributed by atoms with Crippen LogP contribution < -0.4 is 14.8 Å². The summed E-state index contributed by atoms with van der Waals surface area (Å²) in [5, 5.41) is 51.2. The molecule has 1 amide bonds. The molecule has 0 saturated heterocycles. The number of aliphatic hydroxyl groups is 5. The summed E-state index contributed by atoms with van der Waals surface area (Å²) >= 11 is 6.77. The normalized spacial score (nSPS) is 23.6. The van der Waals surface area contributed by atoms with Gasteiger partial charge >= 0.3 is 0 Å². The zero-order valence-corrected chi connectivity index (χ0v) is 30.2. The number of nitrogens with zero attached hydrogens (tertiary/aromatic N) is 1. The molecule has 0 radical (unpaired) electrons. The SMILES string of the molecule is O=C(NC[C@H](O)[C@@H](O)[C@H](O)[C@H](O)CO)C1(NS(=O)(=O)c2cccc(CO[C@@]3(c4cnccc4-c4ccccc4OC4CC4)C[C@H]3Cl)c2)CCCCC1. The number of aliphatic hydroxyl groups excluding tert-OH is 5. The molecule has 1 aromatic heterocycles. The number of hydrogen-bond acceptors (Lipinski definition) is 11. The van der Waals surface area contributed by atoms with Gasteiger partial charge < -0.3 is 40.3 Å². The first-order valence-corrected chi connectivity index (χ1v) is 19.5. The number of ether oxygens (including phenoxy) is 2. The van der Waals surface area contributed by atoms with Crippen molar-refractivity contribution < 1.29 is 48.2 Å². The minimum atomic E-state index is -4.25. The highest BCUT2D eigenvalue weighted by atomic mass is 35.5. The number of nitrogens with one attached hydrogen (secondary N) is 2. The molecule has 1 heterocycles. The molecule has 0 bridgehead atoms. The van der Waals surface area contributed by atoms with Crippen LogP contribution in [0.25, 0.3) is 11.1 Å². The Hall–Kier alpha value is -3.18. The smallest absolute Gasteiger partial charge is 0.241 e. The number of rotatable bonds is 17. The Morgan fingerprint density at radius 3 is 2.37 bits per heavy atom. The average molecular weight is 760 g/mol. The van der Waals surface area contributed by atoms with Crippen molar-refractivity contribution in [2.24, 2.45) is 0 Å². The predicted octanol–water partition coefficient (Wildman–Crippen LogP) is 2.25. The molecule has 52 heavy (non-hydrogen) atoms. The number of halogens is 1. The Morgan fingerprint density at radius 2 is 1.67 bits per heavy atom. The van der Waals surface area contributed by atoms with Crippen LogP contribution in [0, 0.1) is 0 Å². The lowest BCUT2D eigenvalue weighted by Crippen LogP contribution is -2.61. The van der Waals surface area contributed by atoms with Gasteiger partial charge in [0.05, 0.1) is 35.7 Å². The van der Waals surface area contributed by atoms with Gasteiger partial charge in [-0.25, -0.2) is 8.42 Å². The maximum Gasteiger partial charge on any atom is 0.241 e. The summed E-state index contributed by atoms with van der Waals surface area (Å²) in [5.41, 5.74) is 0.802. The molecule has 0 unspecified atom stereocenters. The van der Waals surface area contributed by atoms with E-state index in [0.29, 0.717) is 24.8 Å². The second-order valence-electron chi connectivity index (χ2n) is 14.0. The van der Waals surface area contributed by atoms with E-state index in [1.165, 1.54) is 12.1 Å². The number of pyridine rings is 1. The van der Waals surface area contributed by atoms with Gasteiger partial charge in [0.15, 0.2) is 0 Å². The number of aromatic nitrogens is 1. The lowest BCUT2D eigenvalue weighted by Gasteiger charge is -2.36. The fraction of sp³-hybridized carbons (Fsp3) is 0.514. The lowest BCUT2D eigenvalue weighted by molar-refractivity contribution is -0.131. The molecular weight excluding hydrogens is 714 g/mol. The number of sulfonamides is 1. The van der Waals surface area contributed by atoms with Crippen molar-refractivity contribution in [3.63, 3.8) is 0 Å². The number of carbonyl (C=O) groups excluding carboxylic acids is 1. The van der Waals surface area contributed by atoms with Gasteiger partial charge in [0.2, 0.25) is 15.9 Å². The average Bonchev–Trinajstić information content (AvgIpc) is 4.10. The topological polar surface area (TPSA) is 208 Å². The van der Waals surface area contributed by atoms with Crippen LogP contribution in [-0.4, -0.2) is 99.4 Å². The lowest BCUT2D eigenvalue weighted by atomic mass is 9.82. The highest BCUT2D eigenvalue weighted by Crippen LogP contribution is 2.56. The molecule has 3 fully saturated rings. The molecular formula is C37H46ClN3O10S. The van der Waals surface area contributed by atoms with Gasteiger partial charge in [0.25, 0.3) is 0 Å². The summed E-state index contributed by atoms with van der Waals surface area (Å²) in [6.45, 7) is -1.34. The van der Waals surface area contributed by atoms with Gasteiger partial charge in [-0.2, -0.15) is 4.72 Å². The predicted molar refractivity (Wildman–Crippen MR) is 191 cm³/mol.